The number of nitrogens with one attached hydrogen (secondary N) is 3. The fourth-order valence-corrected chi connectivity index (χ4v) is 2.13. The third-order valence-corrected chi connectivity index (χ3v) is 3.32. The fraction of sp³-hybridized carbons (Fsp3) is 0.188. The molecule has 0 amide bonds. The third kappa shape index (κ3) is 3.97. The maximum absolute atomic E-state index is 9.50. The van der Waals surface area contributed by atoms with Crippen LogP contribution in [0, 0.1) is 6.92 Å². The summed E-state index contributed by atoms with van der Waals surface area (Å²) in [4.78, 5) is 15.8. The average molecular weight is 310 g/mol. The molecule has 0 atom stereocenters. The Labute approximate surface area is 133 Å². The van der Waals surface area contributed by atoms with Crippen LogP contribution in [0.3, 0.4) is 0 Å². The number of phenols is 1. The van der Waals surface area contributed by atoms with Crippen molar-refractivity contribution in [1.29, 1.82) is 0 Å². The van der Waals surface area contributed by atoms with Crippen LogP contribution < -0.4 is 10.6 Å². The second-order valence-electron chi connectivity index (χ2n) is 5.15. The van der Waals surface area contributed by atoms with Gasteiger partial charge in [-0.2, -0.15) is 4.98 Å². The molecule has 23 heavy (non-hydrogen) atoms. The van der Waals surface area contributed by atoms with Gasteiger partial charge in [0.25, 0.3) is 0 Å². The molecule has 3 rings (SSSR count). The lowest BCUT2D eigenvalue weighted by Gasteiger charge is -2.10. The van der Waals surface area contributed by atoms with E-state index in [2.05, 4.69) is 30.6 Å². The predicted octanol–water partition coefficient (Wildman–Crippen LogP) is 2.61. The normalized spacial score (nSPS) is 10.5. The van der Waals surface area contributed by atoms with Gasteiger partial charge in [-0.05, 0) is 19.1 Å². The summed E-state index contributed by atoms with van der Waals surface area (Å²) in [5.74, 6) is 1.45. The van der Waals surface area contributed by atoms with Gasteiger partial charge in [-0.1, -0.05) is 6.07 Å². The minimum absolute atomic E-state index is 0.194. The Morgan fingerprint density at radius 2 is 2.17 bits per heavy atom. The van der Waals surface area contributed by atoms with Gasteiger partial charge in [0.1, 0.15) is 11.6 Å². The van der Waals surface area contributed by atoms with E-state index in [4.69, 9.17) is 0 Å². The first-order valence-electron chi connectivity index (χ1n) is 7.31. The molecule has 0 radical (unpaired) electrons. The molecular weight excluding hydrogens is 292 g/mol. The number of aromatic nitrogens is 4. The van der Waals surface area contributed by atoms with Crippen LogP contribution in [-0.4, -0.2) is 31.6 Å². The standard InChI is InChI=1S/C16H18N6O/c1-11-8-19-16(21-12-3-2-4-14(23)7-12)22-15(11)18-6-5-13-9-17-10-20-13/h2-4,7-10,23H,5-6H2,1H3,(H,17,20)(H2,18,19,21,22). The Bertz CT molecular complexity index is 772. The van der Waals surface area contributed by atoms with Crippen molar-refractivity contribution >= 4 is 17.5 Å². The number of hydrogen-bond donors (Lipinski definition) is 4. The number of nitrogens with zero attached hydrogens (tertiary/aromatic N) is 3. The van der Waals surface area contributed by atoms with Crippen LogP contribution in [0.1, 0.15) is 11.3 Å². The number of imidazole rings is 1. The summed E-state index contributed by atoms with van der Waals surface area (Å²) in [6, 6.07) is 6.84. The molecule has 0 saturated heterocycles. The molecule has 0 aliphatic heterocycles. The number of rotatable bonds is 6. The van der Waals surface area contributed by atoms with Crippen LogP contribution in [-0.2, 0) is 6.42 Å². The van der Waals surface area contributed by atoms with Gasteiger partial charge in [0.15, 0.2) is 0 Å². The zero-order valence-electron chi connectivity index (χ0n) is 12.7. The molecule has 2 heterocycles. The monoisotopic (exact) mass is 310 g/mol. The van der Waals surface area contributed by atoms with Crippen LogP contribution in [0.2, 0.25) is 0 Å². The van der Waals surface area contributed by atoms with Crippen molar-refractivity contribution in [3.8, 4) is 5.75 Å². The zero-order chi connectivity index (χ0) is 16.1. The molecule has 2 aromatic heterocycles. The highest BCUT2D eigenvalue weighted by Crippen LogP contribution is 2.20. The molecule has 4 N–H and O–H groups in total. The van der Waals surface area contributed by atoms with E-state index in [0.29, 0.717) is 5.95 Å². The van der Waals surface area contributed by atoms with Crippen molar-refractivity contribution in [2.45, 2.75) is 13.3 Å². The largest absolute Gasteiger partial charge is 0.508 e. The second-order valence-corrected chi connectivity index (χ2v) is 5.15. The Morgan fingerprint density at radius 1 is 1.26 bits per heavy atom. The molecule has 7 nitrogen and oxygen atoms in total. The van der Waals surface area contributed by atoms with Gasteiger partial charge in [0.2, 0.25) is 5.95 Å². The smallest absolute Gasteiger partial charge is 0.229 e. The van der Waals surface area contributed by atoms with Crippen molar-refractivity contribution in [3.63, 3.8) is 0 Å². The Hall–Kier alpha value is -3.09. The first-order chi connectivity index (χ1) is 11.2. The number of aryl methyl sites for hydroxylation is 1. The molecule has 0 aliphatic rings. The highest BCUT2D eigenvalue weighted by atomic mass is 16.3. The summed E-state index contributed by atoms with van der Waals surface area (Å²) < 4.78 is 0. The van der Waals surface area contributed by atoms with Crippen molar-refractivity contribution in [1.82, 2.24) is 19.9 Å². The summed E-state index contributed by atoms with van der Waals surface area (Å²) in [6.45, 7) is 2.70. The summed E-state index contributed by atoms with van der Waals surface area (Å²) in [6.07, 6.45) is 6.07. The molecule has 118 valence electrons. The van der Waals surface area contributed by atoms with Crippen LogP contribution in [0.25, 0.3) is 0 Å². The zero-order valence-corrected chi connectivity index (χ0v) is 12.7. The first-order valence-corrected chi connectivity index (χ1v) is 7.31. The van der Waals surface area contributed by atoms with Gasteiger partial charge in [0.05, 0.1) is 6.33 Å². The lowest BCUT2D eigenvalue weighted by molar-refractivity contribution is 0.475. The molecular formula is C16H18N6O. The fourth-order valence-electron chi connectivity index (χ4n) is 2.13. The van der Waals surface area contributed by atoms with E-state index in [9.17, 15) is 5.11 Å². The molecule has 0 aliphatic carbocycles. The van der Waals surface area contributed by atoms with Gasteiger partial charge < -0.3 is 20.7 Å². The van der Waals surface area contributed by atoms with E-state index in [1.165, 1.54) is 0 Å². The third-order valence-electron chi connectivity index (χ3n) is 3.32. The molecule has 7 heteroatoms. The van der Waals surface area contributed by atoms with Crippen LogP contribution >= 0.6 is 0 Å². The molecule has 0 spiro atoms. The van der Waals surface area contributed by atoms with Crippen LogP contribution in [0.15, 0.2) is 43.0 Å². The van der Waals surface area contributed by atoms with Gasteiger partial charge in [-0.3, -0.25) is 0 Å². The van der Waals surface area contributed by atoms with Crippen LogP contribution in [0.5, 0.6) is 5.75 Å². The molecule has 0 unspecified atom stereocenters. The molecule has 0 bridgehead atoms. The topological polar surface area (TPSA) is 98.8 Å². The van der Waals surface area contributed by atoms with Crippen molar-refractivity contribution in [2.24, 2.45) is 0 Å². The maximum Gasteiger partial charge on any atom is 0.229 e. The van der Waals surface area contributed by atoms with Crippen molar-refractivity contribution < 1.29 is 5.11 Å². The van der Waals surface area contributed by atoms with Crippen molar-refractivity contribution in [2.75, 3.05) is 17.2 Å². The number of aromatic hydroxyl groups is 1. The van der Waals surface area contributed by atoms with Gasteiger partial charge >= 0.3 is 0 Å². The van der Waals surface area contributed by atoms with E-state index in [1.807, 2.05) is 19.2 Å². The van der Waals surface area contributed by atoms with Gasteiger partial charge in [0, 0.05) is 48.4 Å². The van der Waals surface area contributed by atoms with Crippen LogP contribution in [0.4, 0.5) is 17.5 Å². The Morgan fingerprint density at radius 3 is 2.96 bits per heavy atom. The molecule has 3 aromatic rings. The van der Waals surface area contributed by atoms with Crippen molar-refractivity contribution in [3.05, 3.63) is 54.2 Å². The Balaban J connectivity index is 1.66. The summed E-state index contributed by atoms with van der Waals surface area (Å²) >= 11 is 0. The van der Waals surface area contributed by atoms with E-state index in [1.54, 1.807) is 30.7 Å². The predicted molar refractivity (Wildman–Crippen MR) is 88.9 cm³/mol. The Kier molecular flexibility index (Phi) is 4.37. The van der Waals surface area contributed by atoms with Gasteiger partial charge in [-0.15, -0.1) is 0 Å². The summed E-state index contributed by atoms with van der Waals surface area (Å²) in [5, 5.41) is 15.9. The lowest BCUT2D eigenvalue weighted by atomic mass is 10.3. The maximum atomic E-state index is 9.50. The second kappa shape index (κ2) is 6.78. The average Bonchev–Trinajstić information content (AvgIpc) is 3.04. The number of anilines is 3. The van der Waals surface area contributed by atoms with E-state index < -0.39 is 0 Å². The number of hydrogen-bond acceptors (Lipinski definition) is 6. The summed E-state index contributed by atoms with van der Waals surface area (Å²) in [5.41, 5.74) is 2.77. The molecule has 1 aromatic carbocycles. The number of aromatic amines is 1. The number of H-pyrrole nitrogens is 1. The number of phenolic OH excluding ortho intramolecular Hbond substituents is 1. The lowest BCUT2D eigenvalue weighted by Crippen LogP contribution is -2.09. The van der Waals surface area contributed by atoms with Gasteiger partial charge in [-0.25, -0.2) is 9.97 Å². The minimum Gasteiger partial charge on any atom is -0.508 e. The minimum atomic E-state index is 0.194. The highest BCUT2D eigenvalue weighted by molar-refractivity contribution is 5.57. The van der Waals surface area contributed by atoms with E-state index in [-0.39, 0.29) is 5.75 Å². The highest BCUT2D eigenvalue weighted by Gasteiger charge is 2.05. The number of benzene rings is 1. The molecule has 0 fully saturated rings. The summed E-state index contributed by atoms with van der Waals surface area (Å²) in [7, 11) is 0. The quantitative estimate of drug-likeness (QED) is 0.558. The van der Waals surface area contributed by atoms with E-state index in [0.717, 1.165) is 35.7 Å². The molecule has 0 saturated carbocycles. The van der Waals surface area contributed by atoms with E-state index >= 15 is 0 Å². The SMILES string of the molecule is Cc1cnc(Nc2cccc(O)c2)nc1NCCc1cnc[nH]1. The first kappa shape index (κ1) is 14.8.